The Kier molecular flexibility index (Phi) is 6.87. The molecule has 0 bridgehead atoms. The van der Waals surface area contributed by atoms with Crippen molar-refractivity contribution in [1.29, 1.82) is 0 Å². The van der Waals surface area contributed by atoms with E-state index >= 15 is 0 Å². The molecule has 1 heterocycles. The van der Waals surface area contributed by atoms with E-state index in [0.717, 1.165) is 22.6 Å². The highest BCUT2D eigenvalue weighted by Crippen LogP contribution is 2.27. The van der Waals surface area contributed by atoms with E-state index in [0.29, 0.717) is 0 Å². The van der Waals surface area contributed by atoms with Gasteiger partial charge in [0.25, 0.3) is 6.43 Å². The first-order valence-corrected chi connectivity index (χ1v) is 8.41. The number of ether oxygens (including phenoxy) is 1. The zero-order valence-electron chi connectivity index (χ0n) is 14.6. The molecule has 1 fully saturated rings. The van der Waals surface area contributed by atoms with Crippen LogP contribution in [0.15, 0.2) is 24.3 Å². The third kappa shape index (κ3) is 4.98. The van der Waals surface area contributed by atoms with Crippen molar-refractivity contribution in [1.82, 2.24) is 4.90 Å². The van der Waals surface area contributed by atoms with Crippen molar-refractivity contribution in [2.75, 3.05) is 38.3 Å². The van der Waals surface area contributed by atoms with Crippen molar-refractivity contribution in [2.45, 2.75) is 26.2 Å². The predicted octanol–water partition coefficient (Wildman–Crippen LogP) is 2.34. The minimum atomic E-state index is -2.62. The summed E-state index contributed by atoms with van der Waals surface area (Å²) in [7, 11) is 1.45. The number of nitrogens with zero attached hydrogens (tertiary/aromatic N) is 2. The van der Waals surface area contributed by atoms with Crippen LogP contribution in [0.2, 0.25) is 0 Å². The quantitative estimate of drug-likeness (QED) is 0.720. The largest absolute Gasteiger partial charge is 0.383 e. The lowest BCUT2D eigenvalue weighted by atomic mass is 10.1. The van der Waals surface area contributed by atoms with E-state index in [9.17, 15) is 18.4 Å². The number of hydrogen-bond acceptors (Lipinski definition) is 3. The lowest BCUT2D eigenvalue weighted by molar-refractivity contribution is -0.138. The number of carbonyl (C=O) groups excluding carboxylic acids is 2. The molecular formula is C18H24F2N2O3. The monoisotopic (exact) mass is 354 g/mol. The van der Waals surface area contributed by atoms with E-state index in [1.807, 2.05) is 31.2 Å². The second-order valence-electron chi connectivity index (χ2n) is 6.09. The average molecular weight is 354 g/mol. The summed E-state index contributed by atoms with van der Waals surface area (Å²) in [6.07, 6.45) is -1.67. The fourth-order valence-electron chi connectivity index (χ4n) is 2.95. The number of alkyl halides is 2. The van der Waals surface area contributed by atoms with Crippen LogP contribution in [0.5, 0.6) is 0 Å². The van der Waals surface area contributed by atoms with Gasteiger partial charge < -0.3 is 14.5 Å². The molecule has 1 atom stereocenters. The molecule has 2 rings (SSSR count). The van der Waals surface area contributed by atoms with Crippen LogP contribution in [-0.4, -0.2) is 56.5 Å². The SMILES string of the molecule is CCc1ccc(N2CC(C(=O)N(CCOC)CC(F)F)CC2=O)cc1. The van der Waals surface area contributed by atoms with Gasteiger partial charge in [-0.25, -0.2) is 8.78 Å². The van der Waals surface area contributed by atoms with Crippen molar-refractivity contribution >= 4 is 17.5 Å². The molecule has 138 valence electrons. The number of methoxy groups -OCH3 is 1. The molecule has 1 aliphatic rings. The molecular weight excluding hydrogens is 330 g/mol. The van der Waals surface area contributed by atoms with Crippen LogP contribution >= 0.6 is 0 Å². The maximum absolute atomic E-state index is 12.7. The number of rotatable bonds is 8. The first-order valence-electron chi connectivity index (χ1n) is 8.41. The molecule has 1 unspecified atom stereocenters. The van der Waals surface area contributed by atoms with Crippen LogP contribution < -0.4 is 4.90 Å². The molecule has 1 aromatic rings. The fourth-order valence-corrected chi connectivity index (χ4v) is 2.95. The molecule has 0 spiro atoms. The van der Waals surface area contributed by atoms with Crippen LogP contribution in [0.25, 0.3) is 0 Å². The molecule has 0 N–H and O–H groups in total. The number of halogens is 2. The summed E-state index contributed by atoms with van der Waals surface area (Å²) in [5.41, 5.74) is 1.89. The van der Waals surface area contributed by atoms with Crippen LogP contribution in [0.4, 0.5) is 14.5 Å². The number of benzene rings is 1. The molecule has 0 aliphatic carbocycles. The molecule has 2 amide bonds. The highest BCUT2D eigenvalue weighted by Gasteiger charge is 2.37. The maximum atomic E-state index is 12.7. The molecule has 1 aliphatic heterocycles. The molecule has 0 saturated carbocycles. The van der Waals surface area contributed by atoms with Crippen molar-refractivity contribution < 1.29 is 23.1 Å². The fraction of sp³-hybridized carbons (Fsp3) is 0.556. The van der Waals surface area contributed by atoms with Gasteiger partial charge in [0.2, 0.25) is 11.8 Å². The minimum Gasteiger partial charge on any atom is -0.383 e. The van der Waals surface area contributed by atoms with Crippen molar-refractivity contribution in [3.8, 4) is 0 Å². The Hall–Kier alpha value is -2.02. The third-order valence-electron chi connectivity index (χ3n) is 4.37. The molecule has 0 radical (unpaired) electrons. The van der Waals surface area contributed by atoms with Gasteiger partial charge in [-0.05, 0) is 24.1 Å². The lowest BCUT2D eigenvalue weighted by Gasteiger charge is -2.25. The molecule has 0 aromatic heterocycles. The summed E-state index contributed by atoms with van der Waals surface area (Å²) in [4.78, 5) is 27.5. The molecule has 7 heteroatoms. The third-order valence-corrected chi connectivity index (χ3v) is 4.37. The maximum Gasteiger partial charge on any atom is 0.255 e. The topological polar surface area (TPSA) is 49.9 Å². The normalized spacial score (nSPS) is 17.4. The summed E-state index contributed by atoms with van der Waals surface area (Å²) in [6.45, 7) is 1.90. The highest BCUT2D eigenvalue weighted by atomic mass is 19.3. The first kappa shape index (κ1) is 19.3. The van der Waals surface area contributed by atoms with E-state index in [1.165, 1.54) is 7.11 Å². The number of anilines is 1. The Morgan fingerprint density at radius 2 is 2.04 bits per heavy atom. The van der Waals surface area contributed by atoms with Gasteiger partial charge in [-0.3, -0.25) is 9.59 Å². The van der Waals surface area contributed by atoms with Gasteiger partial charge in [0.05, 0.1) is 19.1 Å². The summed E-state index contributed by atoms with van der Waals surface area (Å²) < 4.78 is 30.4. The second-order valence-corrected chi connectivity index (χ2v) is 6.09. The van der Waals surface area contributed by atoms with Gasteiger partial charge in [-0.1, -0.05) is 19.1 Å². The standard InChI is InChI=1S/C18H24F2N2O3/c1-3-13-4-6-15(7-5-13)22-11-14(10-17(22)23)18(24)21(8-9-25-2)12-16(19)20/h4-7,14,16H,3,8-12H2,1-2H3. The van der Waals surface area contributed by atoms with Crippen molar-refractivity contribution in [2.24, 2.45) is 5.92 Å². The van der Waals surface area contributed by atoms with Gasteiger partial charge in [-0.15, -0.1) is 0 Å². The zero-order valence-corrected chi connectivity index (χ0v) is 14.6. The number of hydrogen-bond donors (Lipinski definition) is 0. The Morgan fingerprint density at radius 3 is 2.60 bits per heavy atom. The molecule has 1 saturated heterocycles. The van der Waals surface area contributed by atoms with E-state index in [-0.39, 0.29) is 32.0 Å². The summed E-state index contributed by atoms with van der Waals surface area (Å²) >= 11 is 0. The van der Waals surface area contributed by atoms with Crippen LogP contribution in [0.3, 0.4) is 0 Å². The van der Waals surface area contributed by atoms with Crippen molar-refractivity contribution in [3.05, 3.63) is 29.8 Å². The van der Waals surface area contributed by atoms with Gasteiger partial charge in [0.1, 0.15) is 0 Å². The Bertz CT molecular complexity index is 592. The first-order chi connectivity index (χ1) is 12.0. The molecule has 25 heavy (non-hydrogen) atoms. The highest BCUT2D eigenvalue weighted by molar-refractivity contribution is 6.00. The Morgan fingerprint density at radius 1 is 1.36 bits per heavy atom. The Balaban J connectivity index is 2.06. The van der Waals surface area contributed by atoms with Gasteiger partial charge in [-0.2, -0.15) is 0 Å². The van der Waals surface area contributed by atoms with Crippen LogP contribution in [-0.2, 0) is 20.7 Å². The van der Waals surface area contributed by atoms with E-state index in [1.54, 1.807) is 4.90 Å². The smallest absolute Gasteiger partial charge is 0.255 e. The number of amides is 2. The average Bonchev–Trinajstić information content (AvgIpc) is 2.99. The van der Waals surface area contributed by atoms with Gasteiger partial charge in [0, 0.05) is 32.3 Å². The Labute approximate surface area is 146 Å². The van der Waals surface area contributed by atoms with E-state index < -0.39 is 24.8 Å². The van der Waals surface area contributed by atoms with Gasteiger partial charge in [0.15, 0.2) is 0 Å². The summed E-state index contributed by atoms with van der Waals surface area (Å²) in [5, 5.41) is 0. The zero-order chi connectivity index (χ0) is 18.4. The van der Waals surface area contributed by atoms with E-state index in [4.69, 9.17) is 4.74 Å². The number of aryl methyl sites for hydroxylation is 1. The molecule has 1 aromatic carbocycles. The summed E-state index contributed by atoms with van der Waals surface area (Å²) in [6, 6.07) is 7.59. The number of carbonyl (C=O) groups is 2. The lowest BCUT2D eigenvalue weighted by Crippen LogP contribution is -2.42. The van der Waals surface area contributed by atoms with E-state index in [2.05, 4.69) is 0 Å². The minimum absolute atomic E-state index is 0.0427. The van der Waals surface area contributed by atoms with Crippen LogP contribution in [0, 0.1) is 5.92 Å². The summed E-state index contributed by atoms with van der Waals surface area (Å²) in [5.74, 6) is -1.18. The predicted molar refractivity (Wildman–Crippen MR) is 90.7 cm³/mol. The molecule has 5 nitrogen and oxygen atoms in total. The van der Waals surface area contributed by atoms with Gasteiger partial charge >= 0.3 is 0 Å². The second kappa shape index (κ2) is 8.89. The van der Waals surface area contributed by atoms with Crippen molar-refractivity contribution in [3.63, 3.8) is 0 Å². The van der Waals surface area contributed by atoms with Crippen LogP contribution in [0.1, 0.15) is 18.9 Å².